The lowest BCUT2D eigenvalue weighted by atomic mass is 9.99. The number of carbonyl (C=O) groups is 1. The predicted octanol–water partition coefficient (Wildman–Crippen LogP) is 2.98. The van der Waals surface area contributed by atoms with Gasteiger partial charge in [-0.1, -0.05) is 13.8 Å². The van der Waals surface area contributed by atoms with Gasteiger partial charge in [0.2, 0.25) is 10.0 Å². The van der Waals surface area contributed by atoms with Crippen molar-refractivity contribution in [1.29, 1.82) is 0 Å². The molecular formula is C19H28N2O3S. The van der Waals surface area contributed by atoms with Gasteiger partial charge in [0.15, 0.2) is 0 Å². The lowest BCUT2D eigenvalue weighted by Gasteiger charge is -2.31. The molecule has 2 aliphatic rings. The normalized spacial score (nSPS) is 23.6. The minimum Gasteiger partial charge on any atom is -0.338 e. The molecule has 1 aromatic carbocycles. The molecular weight excluding hydrogens is 336 g/mol. The number of amides is 1. The SMILES string of the molecule is CC1CCN(S(=O)(=O)c2ccc(C(=O)N3CCCC(C)C3)cc2)CC1. The van der Waals surface area contributed by atoms with Crippen LogP contribution in [0.2, 0.25) is 0 Å². The first-order valence-electron chi connectivity index (χ1n) is 9.27. The van der Waals surface area contributed by atoms with Crippen molar-refractivity contribution in [3.63, 3.8) is 0 Å². The van der Waals surface area contributed by atoms with Gasteiger partial charge in [0.1, 0.15) is 0 Å². The third-order valence-electron chi connectivity index (χ3n) is 5.43. The monoisotopic (exact) mass is 364 g/mol. The van der Waals surface area contributed by atoms with Crippen molar-refractivity contribution in [2.45, 2.75) is 44.4 Å². The zero-order chi connectivity index (χ0) is 18.0. The summed E-state index contributed by atoms with van der Waals surface area (Å²) in [6.07, 6.45) is 4.01. The number of rotatable bonds is 3. The van der Waals surface area contributed by atoms with E-state index in [1.807, 2.05) is 4.90 Å². The Morgan fingerprint density at radius 2 is 1.60 bits per heavy atom. The fourth-order valence-corrected chi connectivity index (χ4v) is 5.17. The number of hydrogen-bond acceptors (Lipinski definition) is 3. The van der Waals surface area contributed by atoms with Crippen LogP contribution in [-0.2, 0) is 10.0 Å². The van der Waals surface area contributed by atoms with Crippen molar-refractivity contribution in [1.82, 2.24) is 9.21 Å². The maximum absolute atomic E-state index is 12.8. The first kappa shape index (κ1) is 18.4. The molecule has 2 fully saturated rings. The summed E-state index contributed by atoms with van der Waals surface area (Å²) < 4.78 is 27.1. The number of carbonyl (C=O) groups excluding carboxylic acids is 1. The maximum atomic E-state index is 12.8. The number of piperidine rings is 2. The van der Waals surface area contributed by atoms with E-state index >= 15 is 0 Å². The maximum Gasteiger partial charge on any atom is 0.253 e. The second kappa shape index (κ2) is 7.46. The molecule has 138 valence electrons. The summed E-state index contributed by atoms with van der Waals surface area (Å²) >= 11 is 0. The van der Waals surface area contributed by atoms with E-state index in [0.29, 0.717) is 30.5 Å². The van der Waals surface area contributed by atoms with Crippen molar-refractivity contribution in [2.75, 3.05) is 26.2 Å². The summed E-state index contributed by atoms with van der Waals surface area (Å²) in [5.41, 5.74) is 0.570. The average molecular weight is 365 g/mol. The molecule has 0 aromatic heterocycles. The van der Waals surface area contributed by atoms with Crippen molar-refractivity contribution >= 4 is 15.9 Å². The minimum absolute atomic E-state index is 0.00213. The van der Waals surface area contributed by atoms with Crippen LogP contribution in [0.1, 0.15) is 49.9 Å². The van der Waals surface area contributed by atoms with E-state index in [0.717, 1.165) is 38.8 Å². The van der Waals surface area contributed by atoms with Gasteiger partial charge in [0, 0.05) is 31.7 Å². The first-order chi connectivity index (χ1) is 11.9. The van der Waals surface area contributed by atoms with Gasteiger partial charge < -0.3 is 4.90 Å². The Bertz CT molecular complexity index is 707. The van der Waals surface area contributed by atoms with Crippen LogP contribution in [0.15, 0.2) is 29.2 Å². The molecule has 1 amide bonds. The van der Waals surface area contributed by atoms with E-state index in [1.165, 1.54) is 0 Å². The van der Waals surface area contributed by atoms with Crippen LogP contribution in [0.4, 0.5) is 0 Å². The number of hydrogen-bond donors (Lipinski definition) is 0. The molecule has 0 N–H and O–H groups in total. The quantitative estimate of drug-likeness (QED) is 0.828. The van der Waals surface area contributed by atoms with Crippen LogP contribution in [0.3, 0.4) is 0 Å². The van der Waals surface area contributed by atoms with E-state index in [-0.39, 0.29) is 10.8 Å². The van der Waals surface area contributed by atoms with Gasteiger partial charge >= 0.3 is 0 Å². The Morgan fingerprint density at radius 3 is 2.20 bits per heavy atom. The molecule has 3 rings (SSSR count). The summed E-state index contributed by atoms with van der Waals surface area (Å²) in [4.78, 5) is 14.8. The molecule has 2 aliphatic heterocycles. The highest BCUT2D eigenvalue weighted by Crippen LogP contribution is 2.24. The van der Waals surface area contributed by atoms with Gasteiger partial charge in [-0.15, -0.1) is 0 Å². The van der Waals surface area contributed by atoms with Crippen LogP contribution >= 0.6 is 0 Å². The lowest BCUT2D eigenvalue weighted by molar-refractivity contribution is 0.0683. The highest BCUT2D eigenvalue weighted by molar-refractivity contribution is 7.89. The highest BCUT2D eigenvalue weighted by Gasteiger charge is 2.28. The molecule has 1 atom stereocenters. The van der Waals surface area contributed by atoms with Gasteiger partial charge in [-0.2, -0.15) is 4.31 Å². The largest absolute Gasteiger partial charge is 0.338 e. The van der Waals surface area contributed by atoms with E-state index in [1.54, 1.807) is 28.6 Å². The summed E-state index contributed by atoms with van der Waals surface area (Å²) in [6.45, 7) is 7.05. The standard InChI is InChI=1S/C19H28N2O3S/c1-15-9-12-21(13-10-15)25(23,24)18-7-5-17(6-8-18)19(22)20-11-3-4-16(2)14-20/h5-8,15-16H,3-4,9-14H2,1-2H3. The zero-order valence-corrected chi connectivity index (χ0v) is 16.0. The minimum atomic E-state index is -3.45. The van der Waals surface area contributed by atoms with Crippen LogP contribution in [0.5, 0.6) is 0 Å². The van der Waals surface area contributed by atoms with Gasteiger partial charge in [-0.05, 0) is 61.8 Å². The van der Waals surface area contributed by atoms with E-state index in [4.69, 9.17) is 0 Å². The van der Waals surface area contributed by atoms with Crippen molar-refractivity contribution in [2.24, 2.45) is 11.8 Å². The van der Waals surface area contributed by atoms with E-state index in [9.17, 15) is 13.2 Å². The van der Waals surface area contributed by atoms with E-state index < -0.39 is 10.0 Å². The summed E-state index contributed by atoms with van der Waals surface area (Å²) in [7, 11) is -3.45. The molecule has 6 heteroatoms. The van der Waals surface area contributed by atoms with Gasteiger partial charge in [0.25, 0.3) is 5.91 Å². The Hall–Kier alpha value is -1.40. The van der Waals surface area contributed by atoms with Crippen LogP contribution < -0.4 is 0 Å². The smallest absolute Gasteiger partial charge is 0.253 e. The van der Waals surface area contributed by atoms with Gasteiger partial charge in [0.05, 0.1) is 4.90 Å². The van der Waals surface area contributed by atoms with Crippen LogP contribution in [0.25, 0.3) is 0 Å². The van der Waals surface area contributed by atoms with Gasteiger partial charge in [-0.25, -0.2) is 8.42 Å². The summed E-state index contributed by atoms with van der Waals surface area (Å²) in [5, 5.41) is 0. The molecule has 2 heterocycles. The van der Waals surface area contributed by atoms with Crippen molar-refractivity contribution in [3.8, 4) is 0 Å². The topological polar surface area (TPSA) is 57.7 Å². The fraction of sp³-hybridized carbons (Fsp3) is 0.632. The third kappa shape index (κ3) is 4.06. The molecule has 5 nitrogen and oxygen atoms in total. The Kier molecular flexibility index (Phi) is 5.49. The molecule has 0 spiro atoms. The molecule has 0 saturated carbocycles. The highest BCUT2D eigenvalue weighted by atomic mass is 32.2. The van der Waals surface area contributed by atoms with Crippen molar-refractivity contribution < 1.29 is 13.2 Å². The van der Waals surface area contributed by atoms with E-state index in [2.05, 4.69) is 13.8 Å². The predicted molar refractivity (Wildman–Crippen MR) is 97.9 cm³/mol. The zero-order valence-electron chi connectivity index (χ0n) is 15.1. The Morgan fingerprint density at radius 1 is 0.960 bits per heavy atom. The molecule has 1 aromatic rings. The summed E-state index contributed by atoms with van der Waals surface area (Å²) in [5.74, 6) is 1.11. The van der Waals surface area contributed by atoms with Crippen LogP contribution in [0, 0.1) is 11.8 Å². The number of nitrogens with zero attached hydrogens (tertiary/aromatic N) is 2. The average Bonchev–Trinajstić information content (AvgIpc) is 2.61. The molecule has 25 heavy (non-hydrogen) atoms. The summed E-state index contributed by atoms with van der Waals surface area (Å²) in [6, 6.07) is 6.46. The first-order valence-corrected chi connectivity index (χ1v) is 10.7. The Balaban J connectivity index is 1.72. The number of likely N-dealkylation sites (tertiary alicyclic amines) is 1. The number of sulfonamides is 1. The second-order valence-corrected chi connectivity index (χ2v) is 9.55. The fourth-order valence-electron chi connectivity index (χ4n) is 3.70. The second-order valence-electron chi connectivity index (χ2n) is 7.61. The third-order valence-corrected chi connectivity index (χ3v) is 7.34. The molecule has 1 unspecified atom stereocenters. The van der Waals surface area contributed by atoms with Crippen molar-refractivity contribution in [3.05, 3.63) is 29.8 Å². The Labute approximate surface area is 151 Å². The van der Waals surface area contributed by atoms with Gasteiger partial charge in [-0.3, -0.25) is 4.79 Å². The lowest BCUT2D eigenvalue weighted by Crippen LogP contribution is -2.39. The molecule has 0 bridgehead atoms. The van der Waals surface area contributed by atoms with Crippen LogP contribution in [-0.4, -0.2) is 49.7 Å². The molecule has 0 aliphatic carbocycles. The molecule has 0 radical (unpaired) electrons. The number of benzene rings is 1. The molecule has 2 saturated heterocycles.